The molecule has 0 aromatic heterocycles. The zero-order valence-corrected chi connectivity index (χ0v) is 37.9. The number of carbonyl (C=O) groups excluding carboxylic acids is 3. The van der Waals surface area contributed by atoms with Gasteiger partial charge in [-0.25, -0.2) is 0 Å². The Labute approximate surface area is 348 Å². The molecule has 0 aliphatic rings. The number of ether oxygens (including phenoxy) is 3. The van der Waals surface area contributed by atoms with Crippen molar-refractivity contribution in [1.29, 1.82) is 0 Å². The largest absolute Gasteiger partial charge is 0.462 e. The van der Waals surface area contributed by atoms with Crippen LogP contribution in [0.25, 0.3) is 0 Å². The number of esters is 3. The van der Waals surface area contributed by atoms with Gasteiger partial charge in [0.25, 0.3) is 0 Å². The van der Waals surface area contributed by atoms with Gasteiger partial charge in [0.15, 0.2) is 6.10 Å². The van der Waals surface area contributed by atoms with Crippen molar-refractivity contribution in [3.8, 4) is 0 Å². The Kier molecular flexibility index (Phi) is 44.8. The quantitative estimate of drug-likeness (QED) is 0.0347. The standard InChI is InChI=1S/C50H96O6/c1-4-7-10-13-15-17-19-21-22-23-24-25-26-27-28-29-31-32-34-37-40-43-49(52)55-46-47(45-54-48(51)42-39-36-12-9-6-3)56-50(53)44-41-38-35-33-30-20-18-16-14-11-8-5-2/h47H,4-46H2,1-3H3. The minimum atomic E-state index is -0.757. The van der Waals surface area contributed by atoms with E-state index in [4.69, 9.17) is 14.2 Å². The van der Waals surface area contributed by atoms with Gasteiger partial charge in [-0.3, -0.25) is 14.4 Å². The second-order valence-electron chi connectivity index (χ2n) is 17.1. The molecule has 0 fully saturated rings. The third-order valence-corrected chi connectivity index (χ3v) is 11.4. The van der Waals surface area contributed by atoms with Crippen LogP contribution < -0.4 is 0 Å². The smallest absolute Gasteiger partial charge is 0.306 e. The van der Waals surface area contributed by atoms with Gasteiger partial charge in [0.2, 0.25) is 0 Å². The molecule has 56 heavy (non-hydrogen) atoms. The summed E-state index contributed by atoms with van der Waals surface area (Å²) in [6, 6.07) is 0. The number of hydrogen-bond acceptors (Lipinski definition) is 6. The summed E-state index contributed by atoms with van der Waals surface area (Å²) in [4.78, 5) is 37.5. The third-order valence-electron chi connectivity index (χ3n) is 11.4. The van der Waals surface area contributed by atoms with Crippen LogP contribution in [0.1, 0.15) is 284 Å². The fourth-order valence-corrected chi connectivity index (χ4v) is 7.56. The highest BCUT2D eigenvalue weighted by Gasteiger charge is 2.19. The van der Waals surface area contributed by atoms with Crippen LogP contribution in [0.5, 0.6) is 0 Å². The summed E-state index contributed by atoms with van der Waals surface area (Å²) in [7, 11) is 0. The first-order chi connectivity index (χ1) is 27.5. The van der Waals surface area contributed by atoms with Crippen molar-refractivity contribution in [1.82, 2.24) is 0 Å². The van der Waals surface area contributed by atoms with E-state index in [1.165, 1.54) is 180 Å². The van der Waals surface area contributed by atoms with Gasteiger partial charge >= 0.3 is 17.9 Å². The minimum absolute atomic E-state index is 0.0634. The molecule has 1 unspecified atom stereocenters. The average molecular weight is 793 g/mol. The molecule has 0 saturated heterocycles. The third kappa shape index (κ3) is 43.5. The van der Waals surface area contributed by atoms with Crippen LogP contribution in [-0.2, 0) is 28.6 Å². The van der Waals surface area contributed by atoms with Crippen LogP contribution in [0.4, 0.5) is 0 Å². The SMILES string of the molecule is CCCCCCCCCCCCCCCCCCCCCCCC(=O)OCC(COC(=O)CCCCCCC)OC(=O)CCCCCCCCCCCCCC. The van der Waals surface area contributed by atoms with Crippen molar-refractivity contribution in [2.75, 3.05) is 13.2 Å². The molecule has 0 rings (SSSR count). The Bertz CT molecular complexity index is 828. The van der Waals surface area contributed by atoms with Crippen molar-refractivity contribution in [3.63, 3.8) is 0 Å². The van der Waals surface area contributed by atoms with Gasteiger partial charge in [-0.1, -0.05) is 245 Å². The van der Waals surface area contributed by atoms with Crippen molar-refractivity contribution in [2.45, 2.75) is 290 Å². The summed E-state index contributed by atoms with van der Waals surface area (Å²) >= 11 is 0. The van der Waals surface area contributed by atoms with Crippen molar-refractivity contribution < 1.29 is 28.6 Å². The Morgan fingerprint density at radius 1 is 0.286 bits per heavy atom. The molecular formula is C50H96O6. The summed E-state index contributed by atoms with van der Waals surface area (Å²) in [5, 5.41) is 0. The molecule has 0 saturated carbocycles. The Morgan fingerprint density at radius 2 is 0.482 bits per heavy atom. The topological polar surface area (TPSA) is 78.9 Å². The summed E-state index contributed by atoms with van der Waals surface area (Å²) in [5.74, 6) is -0.862. The lowest BCUT2D eigenvalue weighted by Crippen LogP contribution is -2.30. The molecule has 0 N–H and O–H groups in total. The van der Waals surface area contributed by atoms with Crippen LogP contribution in [0.15, 0.2) is 0 Å². The fourth-order valence-electron chi connectivity index (χ4n) is 7.56. The zero-order valence-electron chi connectivity index (χ0n) is 37.9. The van der Waals surface area contributed by atoms with Gasteiger partial charge in [-0.05, 0) is 19.3 Å². The molecule has 0 aliphatic carbocycles. The van der Waals surface area contributed by atoms with E-state index in [-0.39, 0.29) is 31.1 Å². The van der Waals surface area contributed by atoms with Crippen LogP contribution in [-0.4, -0.2) is 37.2 Å². The summed E-state index contributed by atoms with van der Waals surface area (Å²) < 4.78 is 16.6. The molecular weight excluding hydrogens is 697 g/mol. The highest BCUT2D eigenvalue weighted by molar-refractivity contribution is 5.71. The first kappa shape index (κ1) is 54.4. The van der Waals surface area contributed by atoms with Crippen molar-refractivity contribution >= 4 is 17.9 Å². The van der Waals surface area contributed by atoms with E-state index in [0.29, 0.717) is 19.3 Å². The number of rotatable bonds is 46. The van der Waals surface area contributed by atoms with E-state index in [0.717, 1.165) is 64.2 Å². The Balaban J connectivity index is 4.04. The Morgan fingerprint density at radius 3 is 0.714 bits per heavy atom. The molecule has 332 valence electrons. The number of hydrogen-bond donors (Lipinski definition) is 0. The van der Waals surface area contributed by atoms with Gasteiger partial charge in [0, 0.05) is 19.3 Å². The first-order valence-corrected chi connectivity index (χ1v) is 25.0. The monoisotopic (exact) mass is 793 g/mol. The van der Waals surface area contributed by atoms with Gasteiger partial charge in [0.1, 0.15) is 13.2 Å². The molecule has 0 radical (unpaired) electrons. The molecule has 1 atom stereocenters. The van der Waals surface area contributed by atoms with Gasteiger partial charge in [-0.2, -0.15) is 0 Å². The molecule has 0 amide bonds. The maximum atomic E-state index is 12.7. The van der Waals surface area contributed by atoms with Gasteiger partial charge < -0.3 is 14.2 Å². The molecule has 0 aromatic rings. The molecule has 0 aliphatic heterocycles. The molecule has 0 spiro atoms. The van der Waals surface area contributed by atoms with Crippen LogP contribution in [0, 0.1) is 0 Å². The van der Waals surface area contributed by atoms with Crippen LogP contribution in [0.2, 0.25) is 0 Å². The lowest BCUT2D eigenvalue weighted by Gasteiger charge is -2.18. The highest BCUT2D eigenvalue weighted by Crippen LogP contribution is 2.17. The van der Waals surface area contributed by atoms with Crippen molar-refractivity contribution in [2.24, 2.45) is 0 Å². The summed E-state index contributed by atoms with van der Waals surface area (Å²) in [6.45, 7) is 6.59. The van der Waals surface area contributed by atoms with Gasteiger partial charge in [0.05, 0.1) is 0 Å². The molecule has 0 aromatic carbocycles. The maximum absolute atomic E-state index is 12.7. The molecule has 6 nitrogen and oxygen atoms in total. The first-order valence-electron chi connectivity index (χ1n) is 25.0. The second kappa shape index (κ2) is 46.1. The molecule has 0 bridgehead atoms. The molecule has 6 heteroatoms. The lowest BCUT2D eigenvalue weighted by atomic mass is 10.0. The van der Waals surface area contributed by atoms with E-state index in [1.807, 2.05) is 0 Å². The van der Waals surface area contributed by atoms with Crippen molar-refractivity contribution in [3.05, 3.63) is 0 Å². The normalized spacial score (nSPS) is 11.8. The van der Waals surface area contributed by atoms with Crippen LogP contribution in [0.3, 0.4) is 0 Å². The summed E-state index contributed by atoms with van der Waals surface area (Å²) in [6.07, 6.45) is 48.4. The van der Waals surface area contributed by atoms with E-state index in [9.17, 15) is 14.4 Å². The second-order valence-corrected chi connectivity index (χ2v) is 17.1. The lowest BCUT2D eigenvalue weighted by molar-refractivity contribution is -0.167. The average Bonchev–Trinajstić information content (AvgIpc) is 3.19. The van der Waals surface area contributed by atoms with E-state index < -0.39 is 6.10 Å². The number of carbonyl (C=O) groups is 3. The predicted octanol–water partition coefficient (Wildman–Crippen LogP) is 16.0. The number of unbranched alkanes of at least 4 members (excludes halogenated alkanes) is 35. The minimum Gasteiger partial charge on any atom is -0.462 e. The predicted molar refractivity (Wildman–Crippen MR) is 238 cm³/mol. The molecule has 0 heterocycles. The Hall–Kier alpha value is -1.59. The fraction of sp³-hybridized carbons (Fsp3) is 0.940. The van der Waals surface area contributed by atoms with Crippen LogP contribution >= 0.6 is 0 Å². The summed E-state index contributed by atoms with van der Waals surface area (Å²) in [5.41, 5.74) is 0. The maximum Gasteiger partial charge on any atom is 0.306 e. The highest BCUT2D eigenvalue weighted by atomic mass is 16.6. The van der Waals surface area contributed by atoms with E-state index >= 15 is 0 Å². The van der Waals surface area contributed by atoms with Gasteiger partial charge in [-0.15, -0.1) is 0 Å². The van der Waals surface area contributed by atoms with E-state index in [2.05, 4.69) is 20.8 Å². The zero-order chi connectivity index (χ0) is 40.8. The van der Waals surface area contributed by atoms with E-state index in [1.54, 1.807) is 0 Å².